The maximum absolute atomic E-state index is 12.5. The van der Waals surface area contributed by atoms with Crippen molar-refractivity contribution in [2.24, 2.45) is 0 Å². The van der Waals surface area contributed by atoms with Crippen molar-refractivity contribution in [2.45, 2.75) is 32.9 Å². The minimum absolute atomic E-state index is 0.101. The highest BCUT2D eigenvalue weighted by atomic mass is 16.6. The molecule has 2 rings (SSSR count). The molecule has 0 fully saturated rings. The number of rotatable bonds is 7. The van der Waals surface area contributed by atoms with Crippen LogP contribution in [0.1, 0.15) is 25.0 Å². The van der Waals surface area contributed by atoms with Gasteiger partial charge in [-0.15, -0.1) is 0 Å². The predicted octanol–water partition coefficient (Wildman–Crippen LogP) is 2.20. The van der Waals surface area contributed by atoms with Gasteiger partial charge in [0, 0.05) is 11.6 Å². The number of anilines is 1. The molecule has 2 aromatic rings. The number of carbonyl (C=O) groups is 1. The summed E-state index contributed by atoms with van der Waals surface area (Å²) in [4.78, 5) is 24.0. The number of nitrogens with zero attached hydrogens (tertiary/aromatic N) is 1. The van der Waals surface area contributed by atoms with Crippen molar-refractivity contribution >= 4 is 17.3 Å². The van der Waals surface area contributed by atoms with Crippen LogP contribution in [-0.4, -0.2) is 23.9 Å². The fraction of sp³-hybridized carbons (Fsp3) is 0.316. The van der Waals surface area contributed by atoms with Crippen molar-refractivity contribution in [3.63, 3.8) is 0 Å². The molecule has 132 valence electrons. The average Bonchev–Trinajstić information content (AvgIpc) is 2.61. The van der Waals surface area contributed by atoms with E-state index in [4.69, 9.17) is 0 Å². The lowest BCUT2D eigenvalue weighted by Gasteiger charge is -2.21. The van der Waals surface area contributed by atoms with E-state index in [2.05, 4.69) is 36.5 Å². The molecule has 0 bridgehead atoms. The van der Waals surface area contributed by atoms with E-state index in [0.29, 0.717) is 6.54 Å². The first-order valence-electron chi connectivity index (χ1n) is 8.36. The molecular formula is C19H24N3O3+. The van der Waals surface area contributed by atoms with Crippen molar-refractivity contribution in [1.29, 1.82) is 0 Å². The van der Waals surface area contributed by atoms with E-state index in [1.54, 1.807) is 18.2 Å². The van der Waals surface area contributed by atoms with Gasteiger partial charge in [-0.1, -0.05) is 43.3 Å². The molecule has 0 saturated heterocycles. The van der Waals surface area contributed by atoms with E-state index in [1.807, 2.05) is 14.0 Å². The van der Waals surface area contributed by atoms with Crippen LogP contribution >= 0.6 is 0 Å². The molecule has 6 heteroatoms. The van der Waals surface area contributed by atoms with Gasteiger partial charge >= 0.3 is 0 Å². The van der Waals surface area contributed by atoms with Gasteiger partial charge in [-0.05, 0) is 25.0 Å². The number of benzene rings is 2. The second kappa shape index (κ2) is 8.39. The highest BCUT2D eigenvalue weighted by Crippen LogP contribution is 2.23. The van der Waals surface area contributed by atoms with Crippen LogP contribution in [0.15, 0.2) is 48.5 Å². The number of hydrogen-bond acceptors (Lipinski definition) is 3. The zero-order chi connectivity index (χ0) is 18.4. The lowest BCUT2D eigenvalue weighted by atomic mass is 10.1. The summed E-state index contributed by atoms with van der Waals surface area (Å²) in [5.41, 5.74) is 2.56. The Morgan fingerprint density at radius 1 is 1.16 bits per heavy atom. The van der Waals surface area contributed by atoms with Crippen LogP contribution in [-0.2, 0) is 17.8 Å². The summed E-state index contributed by atoms with van der Waals surface area (Å²) in [5.74, 6) is -0.239. The van der Waals surface area contributed by atoms with Gasteiger partial charge in [0.1, 0.15) is 12.2 Å². The van der Waals surface area contributed by atoms with E-state index in [1.165, 1.54) is 11.6 Å². The van der Waals surface area contributed by atoms with E-state index in [0.717, 1.165) is 16.9 Å². The number of quaternary nitrogens is 1. The first-order valence-corrected chi connectivity index (χ1v) is 8.36. The van der Waals surface area contributed by atoms with Crippen LogP contribution < -0.4 is 10.2 Å². The number of nitro benzene ring substituents is 1. The quantitative estimate of drug-likeness (QED) is 0.598. The number of nitro groups is 1. The van der Waals surface area contributed by atoms with Crippen molar-refractivity contribution in [1.82, 2.24) is 0 Å². The van der Waals surface area contributed by atoms with E-state index in [-0.39, 0.29) is 23.3 Å². The Kier molecular flexibility index (Phi) is 6.25. The number of para-hydroxylation sites is 2. The summed E-state index contributed by atoms with van der Waals surface area (Å²) in [5, 5.41) is 13.7. The lowest BCUT2D eigenvalue weighted by molar-refractivity contribution is -0.907. The smallest absolute Gasteiger partial charge is 0.292 e. The third kappa shape index (κ3) is 4.87. The highest BCUT2D eigenvalue weighted by Gasteiger charge is 2.24. The number of carbonyl (C=O) groups excluding carboxylic acids is 1. The first kappa shape index (κ1) is 18.6. The topological polar surface area (TPSA) is 76.7 Å². The number of hydrogen-bond donors (Lipinski definition) is 2. The maximum atomic E-state index is 12.5. The Morgan fingerprint density at radius 2 is 1.76 bits per heavy atom. The number of aryl methyl sites for hydroxylation is 1. The maximum Gasteiger partial charge on any atom is 0.292 e. The van der Waals surface area contributed by atoms with Crippen LogP contribution in [0.5, 0.6) is 0 Å². The van der Waals surface area contributed by atoms with Crippen molar-refractivity contribution in [3.8, 4) is 0 Å². The number of amides is 1. The van der Waals surface area contributed by atoms with Crippen LogP contribution in [0.4, 0.5) is 11.4 Å². The normalized spacial score (nSPS) is 13.1. The third-order valence-corrected chi connectivity index (χ3v) is 4.41. The van der Waals surface area contributed by atoms with Gasteiger partial charge in [0.2, 0.25) is 0 Å². The van der Waals surface area contributed by atoms with Crippen LogP contribution in [0, 0.1) is 10.1 Å². The minimum Gasteiger partial charge on any atom is -0.324 e. The van der Waals surface area contributed by atoms with Gasteiger partial charge in [0.25, 0.3) is 11.6 Å². The molecule has 2 atom stereocenters. The molecule has 0 aromatic heterocycles. The fourth-order valence-electron chi connectivity index (χ4n) is 2.57. The predicted molar refractivity (Wildman–Crippen MR) is 97.6 cm³/mol. The molecule has 0 aliphatic carbocycles. The summed E-state index contributed by atoms with van der Waals surface area (Å²) in [6, 6.07) is 14.2. The molecule has 2 aromatic carbocycles. The molecule has 0 aliphatic heterocycles. The summed E-state index contributed by atoms with van der Waals surface area (Å²) in [6.45, 7) is 4.64. The molecule has 1 amide bonds. The summed E-state index contributed by atoms with van der Waals surface area (Å²) in [6.07, 6.45) is 0.998. The van der Waals surface area contributed by atoms with Gasteiger partial charge < -0.3 is 10.2 Å². The Bertz CT molecular complexity index is 744. The highest BCUT2D eigenvalue weighted by molar-refractivity contribution is 5.95. The van der Waals surface area contributed by atoms with E-state index >= 15 is 0 Å². The van der Waals surface area contributed by atoms with Crippen molar-refractivity contribution in [2.75, 3.05) is 12.4 Å². The minimum atomic E-state index is -0.494. The Hall–Kier alpha value is -2.73. The molecule has 1 unspecified atom stereocenters. The molecule has 0 radical (unpaired) electrons. The van der Waals surface area contributed by atoms with Crippen molar-refractivity contribution in [3.05, 3.63) is 69.8 Å². The van der Waals surface area contributed by atoms with E-state index < -0.39 is 4.92 Å². The molecule has 0 heterocycles. The summed E-state index contributed by atoms with van der Waals surface area (Å²) < 4.78 is 0. The van der Waals surface area contributed by atoms with Crippen LogP contribution in [0.3, 0.4) is 0 Å². The summed E-state index contributed by atoms with van der Waals surface area (Å²) >= 11 is 0. The van der Waals surface area contributed by atoms with Gasteiger partial charge in [0.05, 0.1) is 12.0 Å². The zero-order valence-electron chi connectivity index (χ0n) is 14.8. The Morgan fingerprint density at radius 3 is 2.36 bits per heavy atom. The SMILES string of the molecule is CCc1ccc(C[NH+](C)[C@H](C)C(=O)Nc2ccccc2[N+](=O)[O-])cc1. The molecule has 2 N–H and O–H groups in total. The standard InChI is InChI=1S/C19H23N3O3/c1-4-15-9-11-16(12-10-15)13-21(3)14(2)19(23)20-17-7-5-6-8-18(17)22(24)25/h5-12,14H,4,13H2,1-3H3,(H,20,23)/p+1/t14-/m1/s1. The average molecular weight is 342 g/mol. The Labute approximate surface area is 147 Å². The second-order valence-electron chi connectivity index (χ2n) is 6.18. The summed E-state index contributed by atoms with van der Waals surface area (Å²) in [7, 11) is 1.94. The van der Waals surface area contributed by atoms with E-state index in [9.17, 15) is 14.9 Å². The third-order valence-electron chi connectivity index (χ3n) is 4.41. The lowest BCUT2D eigenvalue weighted by Crippen LogP contribution is -3.12. The second-order valence-corrected chi connectivity index (χ2v) is 6.18. The van der Waals surface area contributed by atoms with Gasteiger partial charge in [-0.25, -0.2) is 0 Å². The zero-order valence-corrected chi connectivity index (χ0v) is 14.8. The number of nitrogens with one attached hydrogen (secondary N) is 2. The molecule has 0 saturated carbocycles. The monoisotopic (exact) mass is 342 g/mol. The molecular weight excluding hydrogens is 318 g/mol. The fourth-order valence-corrected chi connectivity index (χ4v) is 2.57. The van der Waals surface area contributed by atoms with Gasteiger partial charge in [0.15, 0.2) is 6.04 Å². The molecule has 0 aliphatic rings. The molecule has 25 heavy (non-hydrogen) atoms. The molecule has 6 nitrogen and oxygen atoms in total. The Balaban J connectivity index is 2.02. The molecule has 0 spiro atoms. The van der Waals surface area contributed by atoms with Crippen LogP contribution in [0.2, 0.25) is 0 Å². The van der Waals surface area contributed by atoms with Crippen molar-refractivity contribution < 1.29 is 14.6 Å². The van der Waals surface area contributed by atoms with Gasteiger partial charge in [-0.2, -0.15) is 0 Å². The van der Waals surface area contributed by atoms with Gasteiger partial charge in [-0.3, -0.25) is 14.9 Å². The van der Waals surface area contributed by atoms with Crippen LogP contribution in [0.25, 0.3) is 0 Å². The number of likely N-dealkylation sites (N-methyl/N-ethyl adjacent to an activating group) is 1. The largest absolute Gasteiger partial charge is 0.324 e. The first-order chi connectivity index (χ1) is 11.9.